The molecule has 2 amide bonds. The van der Waals surface area contributed by atoms with Gasteiger partial charge in [-0.05, 0) is 19.1 Å². The summed E-state index contributed by atoms with van der Waals surface area (Å²) in [4.78, 5) is 21.1. The van der Waals surface area contributed by atoms with Crippen LogP contribution in [0.3, 0.4) is 0 Å². The summed E-state index contributed by atoms with van der Waals surface area (Å²) in [6, 6.07) is 0.690. The lowest BCUT2D eigenvalue weighted by Crippen LogP contribution is -2.34. The first-order valence-corrected chi connectivity index (χ1v) is 4.04. The summed E-state index contributed by atoms with van der Waals surface area (Å²) in [6.07, 6.45) is 0. The number of aromatic carboxylic acids is 1. The Bertz CT molecular complexity index is 386. The third-order valence-electron chi connectivity index (χ3n) is 1.84. The molecule has 15 heavy (non-hydrogen) atoms. The van der Waals surface area contributed by atoms with Crippen molar-refractivity contribution in [2.45, 2.75) is 13.0 Å². The SMILES string of the molecule is CC(c1ccc(C(=O)O)o1)N(O)C(N)=O. The van der Waals surface area contributed by atoms with Crippen molar-refractivity contribution in [2.24, 2.45) is 5.73 Å². The lowest BCUT2D eigenvalue weighted by Gasteiger charge is -2.17. The number of hydrogen-bond acceptors (Lipinski definition) is 4. The number of carboxylic acids is 1. The average Bonchev–Trinajstić information content (AvgIpc) is 2.64. The molecule has 1 aromatic rings. The lowest BCUT2D eigenvalue weighted by atomic mass is 10.2. The van der Waals surface area contributed by atoms with Gasteiger partial charge in [0.15, 0.2) is 0 Å². The van der Waals surface area contributed by atoms with E-state index in [0.717, 1.165) is 0 Å². The van der Waals surface area contributed by atoms with E-state index in [2.05, 4.69) is 0 Å². The molecule has 0 aromatic carbocycles. The summed E-state index contributed by atoms with van der Waals surface area (Å²) in [7, 11) is 0. The van der Waals surface area contributed by atoms with Gasteiger partial charge < -0.3 is 15.3 Å². The lowest BCUT2D eigenvalue weighted by molar-refractivity contribution is -0.0763. The molecule has 1 atom stereocenters. The Kier molecular flexibility index (Phi) is 2.96. The fraction of sp³-hybridized carbons (Fsp3) is 0.250. The zero-order valence-electron chi connectivity index (χ0n) is 7.88. The zero-order valence-corrected chi connectivity index (χ0v) is 7.88. The monoisotopic (exact) mass is 214 g/mol. The summed E-state index contributed by atoms with van der Waals surface area (Å²) in [6.45, 7) is 1.44. The van der Waals surface area contributed by atoms with Crippen LogP contribution in [0, 0.1) is 0 Å². The molecule has 0 radical (unpaired) electrons. The van der Waals surface area contributed by atoms with Crippen molar-refractivity contribution in [3.05, 3.63) is 23.7 Å². The molecular weight excluding hydrogens is 204 g/mol. The average molecular weight is 214 g/mol. The van der Waals surface area contributed by atoms with Gasteiger partial charge in [0, 0.05) is 0 Å². The Labute approximate surface area is 84.7 Å². The van der Waals surface area contributed by atoms with E-state index in [-0.39, 0.29) is 16.6 Å². The zero-order chi connectivity index (χ0) is 11.6. The third-order valence-corrected chi connectivity index (χ3v) is 1.84. The predicted octanol–water partition coefficient (Wildman–Crippen LogP) is 0.809. The van der Waals surface area contributed by atoms with Crippen LogP contribution in [0.25, 0.3) is 0 Å². The van der Waals surface area contributed by atoms with E-state index in [1.165, 1.54) is 19.1 Å². The largest absolute Gasteiger partial charge is 0.475 e. The van der Waals surface area contributed by atoms with Crippen molar-refractivity contribution in [3.8, 4) is 0 Å². The minimum atomic E-state index is -1.22. The number of carbonyl (C=O) groups excluding carboxylic acids is 1. The number of nitrogens with zero attached hydrogens (tertiary/aromatic N) is 1. The van der Waals surface area contributed by atoms with Crippen LogP contribution in [0.1, 0.15) is 29.3 Å². The summed E-state index contributed by atoms with van der Waals surface area (Å²) in [5.74, 6) is -1.36. The summed E-state index contributed by atoms with van der Waals surface area (Å²) >= 11 is 0. The topological polar surface area (TPSA) is 117 Å². The molecule has 1 unspecified atom stereocenters. The maximum absolute atomic E-state index is 10.6. The molecule has 0 saturated carbocycles. The van der Waals surface area contributed by atoms with Crippen LogP contribution in [-0.4, -0.2) is 27.4 Å². The molecule has 0 saturated heterocycles. The van der Waals surface area contributed by atoms with Gasteiger partial charge >= 0.3 is 12.0 Å². The summed E-state index contributed by atoms with van der Waals surface area (Å²) in [5, 5.41) is 18.0. The molecule has 1 rings (SSSR count). The van der Waals surface area contributed by atoms with Gasteiger partial charge in [-0.1, -0.05) is 0 Å². The van der Waals surface area contributed by atoms with Gasteiger partial charge in [-0.25, -0.2) is 9.59 Å². The fourth-order valence-corrected chi connectivity index (χ4v) is 1.00. The summed E-state index contributed by atoms with van der Waals surface area (Å²) < 4.78 is 4.87. The standard InChI is InChI=1S/C8H10N2O5/c1-4(10(14)8(9)13)5-2-3-6(15-5)7(11)12/h2-4,14H,1H3,(H2,9,13)(H,11,12). The molecule has 0 aliphatic rings. The highest BCUT2D eigenvalue weighted by molar-refractivity contribution is 5.84. The van der Waals surface area contributed by atoms with Crippen molar-refractivity contribution in [3.63, 3.8) is 0 Å². The van der Waals surface area contributed by atoms with Gasteiger partial charge in [-0.15, -0.1) is 0 Å². The number of carboxylic acid groups (broad SMARTS) is 1. The first kappa shape index (κ1) is 11.1. The Morgan fingerprint density at radius 2 is 2.13 bits per heavy atom. The first-order valence-electron chi connectivity index (χ1n) is 4.04. The predicted molar refractivity (Wildman–Crippen MR) is 47.3 cm³/mol. The maximum atomic E-state index is 10.6. The Balaban J connectivity index is 2.87. The van der Waals surface area contributed by atoms with Gasteiger partial charge in [0.2, 0.25) is 5.76 Å². The molecule has 82 valence electrons. The smallest absolute Gasteiger partial charge is 0.371 e. The number of primary amides is 1. The maximum Gasteiger partial charge on any atom is 0.371 e. The molecule has 1 aromatic heterocycles. The second kappa shape index (κ2) is 4.01. The van der Waals surface area contributed by atoms with Crippen LogP contribution < -0.4 is 5.73 Å². The molecule has 4 N–H and O–H groups in total. The van der Waals surface area contributed by atoms with E-state index in [1.807, 2.05) is 0 Å². The second-order valence-electron chi connectivity index (χ2n) is 2.87. The first-order chi connectivity index (χ1) is 6.93. The molecule has 7 heteroatoms. The van der Waals surface area contributed by atoms with Crippen LogP contribution in [0.2, 0.25) is 0 Å². The number of nitrogens with two attached hydrogens (primary N) is 1. The molecular formula is C8H10N2O5. The normalized spacial score (nSPS) is 12.1. The molecule has 0 aliphatic heterocycles. The Morgan fingerprint density at radius 1 is 1.53 bits per heavy atom. The molecule has 0 fully saturated rings. The van der Waals surface area contributed by atoms with E-state index >= 15 is 0 Å². The van der Waals surface area contributed by atoms with E-state index in [1.54, 1.807) is 0 Å². The third kappa shape index (κ3) is 2.26. The fourth-order valence-electron chi connectivity index (χ4n) is 1.00. The number of amides is 2. The Hall–Kier alpha value is -2.02. The molecule has 7 nitrogen and oxygen atoms in total. The number of furan rings is 1. The van der Waals surface area contributed by atoms with Gasteiger partial charge in [-0.2, -0.15) is 5.06 Å². The Morgan fingerprint density at radius 3 is 2.53 bits per heavy atom. The van der Waals surface area contributed by atoms with Crippen molar-refractivity contribution < 1.29 is 24.3 Å². The van der Waals surface area contributed by atoms with Crippen LogP contribution in [0.15, 0.2) is 16.5 Å². The molecule has 1 heterocycles. The van der Waals surface area contributed by atoms with Gasteiger partial charge in [-0.3, -0.25) is 5.21 Å². The molecule has 0 spiro atoms. The van der Waals surface area contributed by atoms with E-state index in [9.17, 15) is 9.59 Å². The van der Waals surface area contributed by atoms with E-state index in [0.29, 0.717) is 0 Å². The number of carbonyl (C=O) groups is 2. The second-order valence-corrected chi connectivity index (χ2v) is 2.87. The molecule has 0 aliphatic carbocycles. The van der Waals surface area contributed by atoms with Gasteiger partial charge in [0.25, 0.3) is 0 Å². The minimum absolute atomic E-state index is 0.133. The van der Waals surface area contributed by atoms with E-state index in [4.69, 9.17) is 20.5 Å². The number of hydrogen-bond donors (Lipinski definition) is 3. The van der Waals surface area contributed by atoms with Crippen molar-refractivity contribution in [2.75, 3.05) is 0 Å². The van der Waals surface area contributed by atoms with Crippen molar-refractivity contribution in [1.82, 2.24) is 5.06 Å². The van der Waals surface area contributed by atoms with Crippen molar-refractivity contribution in [1.29, 1.82) is 0 Å². The number of hydroxylamine groups is 2. The summed E-state index contributed by atoms with van der Waals surface area (Å²) in [5.41, 5.74) is 4.82. The minimum Gasteiger partial charge on any atom is -0.475 e. The number of urea groups is 1. The van der Waals surface area contributed by atoms with Crippen LogP contribution in [0.4, 0.5) is 4.79 Å². The van der Waals surface area contributed by atoms with Gasteiger partial charge in [0.05, 0.1) is 0 Å². The van der Waals surface area contributed by atoms with Crippen LogP contribution >= 0.6 is 0 Å². The van der Waals surface area contributed by atoms with E-state index < -0.39 is 18.0 Å². The highest BCUT2D eigenvalue weighted by Crippen LogP contribution is 2.20. The highest BCUT2D eigenvalue weighted by atomic mass is 16.5. The molecule has 0 bridgehead atoms. The van der Waals surface area contributed by atoms with Crippen molar-refractivity contribution >= 4 is 12.0 Å². The quantitative estimate of drug-likeness (QED) is 0.508. The van der Waals surface area contributed by atoms with Crippen LogP contribution in [-0.2, 0) is 0 Å². The van der Waals surface area contributed by atoms with Gasteiger partial charge in [0.1, 0.15) is 11.8 Å². The highest BCUT2D eigenvalue weighted by Gasteiger charge is 2.21. The number of rotatable bonds is 3. The van der Waals surface area contributed by atoms with Crippen LogP contribution in [0.5, 0.6) is 0 Å².